The summed E-state index contributed by atoms with van der Waals surface area (Å²) in [7, 11) is 0. The van der Waals surface area contributed by atoms with Crippen molar-refractivity contribution in [2.45, 2.75) is 11.8 Å². The summed E-state index contributed by atoms with van der Waals surface area (Å²) in [6, 6.07) is 13.1. The lowest BCUT2D eigenvalue weighted by Crippen LogP contribution is -1.92. The van der Waals surface area contributed by atoms with Crippen molar-refractivity contribution in [1.29, 1.82) is 0 Å². The molecule has 0 N–H and O–H groups in total. The first-order chi connectivity index (χ1) is 7.75. The predicted molar refractivity (Wildman–Crippen MR) is 65.6 cm³/mol. The Balaban J connectivity index is 2.11. The number of benzene rings is 1. The summed E-state index contributed by atoms with van der Waals surface area (Å²) in [5.74, 6) is 0. The maximum absolute atomic E-state index is 11.8. The number of rotatable bonds is 2. The molecule has 0 unspecified atom stereocenters. The van der Waals surface area contributed by atoms with Gasteiger partial charge in [-0.1, -0.05) is 30.3 Å². The number of aromatic nitrogens is 1. The summed E-state index contributed by atoms with van der Waals surface area (Å²) in [5, 5.41) is 0.0475. The fourth-order valence-electron chi connectivity index (χ4n) is 1.25. The normalized spacial score (nSPS) is 10.1. The van der Waals surface area contributed by atoms with Crippen LogP contribution in [0, 0.1) is 6.92 Å². The van der Waals surface area contributed by atoms with E-state index in [1.165, 1.54) is 11.8 Å². The van der Waals surface area contributed by atoms with Gasteiger partial charge in [-0.2, -0.15) is 0 Å². The monoisotopic (exact) mass is 229 g/mol. The molecule has 0 atom stereocenters. The van der Waals surface area contributed by atoms with Gasteiger partial charge in [0.2, 0.25) is 5.12 Å². The third kappa shape index (κ3) is 2.70. The Kier molecular flexibility index (Phi) is 3.37. The second-order valence-corrected chi connectivity index (χ2v) is 4.44. The highest BCUT2D eigenvalue weighted by atomic mass is 32.2. The number of carbonyl (C=O) groups excluding carboxylic acids is 1. The first-order valence-corrected chi connectivity index (χ1v) is 5.77. The lowest BCUT2D eigenvalue weighted by atomic mass is 10.2. The van der Waals surface area contributed by atoms with Gasteiger partial charge in [0.15, 0.2) is 0 Å². The second-order valence-electron chi connectivity index (χ2n) is 3.39. The Morgan fingerprint density at radius 3 is 2.50 bits per heavy atom. The number of pyridine rings is 1. The second kappa shape index (κ2) is 4.94. The summed E-state index contributed by atoms with van der Waals surface area (Å²) in [6.45, 7) is 1.92. The van der Waals surface area contributed by atoms with Gasteiger partial charge in [-0.05, 0) is 30.8 Å². The summed E-state index contributed by atoms with van der Waals surface area (Å²) >= 11 is 1.20. The highest BCUT2D eigenvalue weighted by Crippen LogP contribution is 2.21. The van der Waals surface area contributed by atoms with Gasteiger partial charge in [0.05, 0.1) is 0 Å². The van der Waals surface area contributed by atoms with Crippen molar-refractivity contribution in [3.8, 4) is 0 Å². The van der Waals surface area contributed by atoms with Crippen LogP contribution < -0.4 is 0 Å². The van der Waals surface area contributed by atoms with E-state index in [-0.39, 0.29) is 5.12 Å². The van der Waals surface area contributed by atoms with Crippen LogP contribution >= 0.6 is 11.8 Å². The molecule has 2 nitrogen and oxygen atoms in total. The molecule has 0 aliphatic rings. The lowest BCUT2D eigenvalue weighted by molar-refractivity contribution is 0.108. The molecule has 0 amide bonds. The fourth-order valence-corrected chi connectivity index (χ4v) is 1.96. The number of hydrogen-bond acceptors (Lipinski definition) is 3. The van der Waals surface area contributed by atoms with E-state index in [1.54, 1.807) is 6.20 Å². The minimum absolute atomic E-state index is 0.0475. The number of thioether (sulfide) groups is 1. The van der Waals surface area contributed by atoms with Gasteiger partial charge in [0.25, 0.3) is 0 Å². The van der Waals surface area contributed by atoms with Crippen LogP contribution in [0.2, 0.25) is 0 Å². The van der Waals surface area contributed by atoms with Crippen molar-refractivity contribution in [1.82, 2.24) is 4.98 Å². The molecule has 2 aromatic rings. The van der Waals surface area contributed by atoms with Gasteiger partial charge in [-0.15, -0.1) is 0 Å². The van der Waals surface area contributed by atoms with Crippen LogP contribution in [0.3, 0.4) is 0 Å². The van der Waals surface area contributed by atoms with Gasteiger partial charge >= 0.3 is 0 Å². The molecular formula is C13H11NOS. The van der Waals surface area contributed by atoms with Gasteiger partial charge < -0.3 is 0 Å². The maximum atomic E-state index is 11.8. The zero-order valence-electron chi connectivity index (χ0n) is 8.88. The average Bonchev–Trinajstić information content (AvgIpc) is 2.33. The third-order valence-electron chi connectivity index (χ3n) is 2.10. The Labute approximate surface area is 98.7 Å². The van der Waals surface area contributed by atoms with E-state index in [2.05, 4.69) is 4.98 Å². The molecule has 3 heteroatoms. The van der Waals surface area contributed by atoms with Crippen LogP contribution in [-0.4, -0.2) is 10.1 Å². The number of aryl methyl sites for hydroxylation is 1. The highest BCUT2D eigenvalue weighted by molar-refractivity contribution is 8.14. The van der Waals surface area contributed by atoms with Crippen LogP contribution in [0.15, 0.2) is 53.6 Å². The van der Waals surface area contributed by atoms with Gasteiger partial charge in [0, 0.05) is 22.3 Å². The summed E-state index contributed by atoms with van der Waals surface area (Å²) in [4.78, 5) is 16.9. The maximum Gasteiger partial charge on any atom is 0.224 e. The number of nitrogens with zero attached hydrogens (tertiary/aromatic N) is 1. The first kappa shape index (κ1) is 10.9. The molecule has 1 heterocycles. The zero-order chi connectivity index (χ0) is 11.4. The molecule has 0 aliphatic carbocycles. The van der Waals surface area contributed by atoms with Gasteiger partial charge in [0.1, 0.15) is 0 Å². The van der Waals surface area contributed by atoms with E-state index in [0.29, 0.717) is 5.56 Å². The molecular weight excluding hydrogens is 218 g/mol. The Morgan fingerprint density at radius 1 is 1.12 bits per heavy atom. The molecule has 0 bridgehead atoms. The molecule has 0 fully saturated rings. The molecule has 16 heavy (non-hydrogen) atoms. The standard InChI is InChI=1S/C13H11NOS/c1-10-7-8-12(9-14-10)16-13(15)11-5-3-2-4-6-11/h2-9H,1H3. The molecule has 1 aromatic carbocycles. The smallest absolute Gasteiger partial charge is 0.224 e. The van der Waals surface area contributed by atoms with Crippen LogP contribution in [-0.2, 0) is 0 Å². The van der Waals surface area contributed by atoms with Crippen molar-refractivity contribution in [2.24, 2.45) is 0 Å². The largest absolute Gasteiger partial charge is 0.281 e. The van der Waals surface area contributed by atoms with Gasteiger partial charge in [-0.3, -0.25) is 9.78 Å². The lowest BCUT2D eigenvalue weighted by Gasteiger charge is -2.00. The Morgan fingerprint density at radius 2 is 1.88 bits per heavy atom. The molecule has 0 spiro atoms. The van der Waals surface area contributed by atoms with Gasteiger partial charge in [-0.25, -0.2) is 0 Å². The van der Waals surface area contributed by atoms with Crippen LogP contribution in [0.5, 0.6) is 0 Å². The molecule has 80 valence electrons. The molecule has 0 saturated heterocycles. The number of carbonyl (C=O) groups is 1. The van der Waals surface area contributed by atoms with E-state index >= 15 is 0 Å². The van der Waals surface area contributed by atoms with Crippen molar-refractivity contribution >= 4 is 16.9 Å². The van der Waals surface area contributed by atoms with Crippen molar-refractivity contribution in [3.05, 3.63) is 59.9 Å². The molecule has 0 saturated carbocycles. The van der Waals surface area contributed by atoms with Crippen LogP contribution in [0.1, 0.15) is 16.1 Å². The quantitative estimate of drug-likeness (QED) is 0.740. The molecule has 1 aromatic heterocycles. The third-order valence-corrected chi connectivity index (χ3v) is 3.00. The molecule has 0 aliphatic heterocycles. The fraction of sp³-hybridized carbons (Fsp3) is 0.0769. The number of hydrogen-bond donors (Lipinski definition) is 0. The molecule has 0 radical (unpaired) electrons. The predicted octanol–water partition coefficient (Wildman–Crippen LogP) is 3.32. The Bertz CT molecular complexity index is 479. The van der Waals surface area contributed by atoms with Crippen LogP contribution in [0.25, 0.3) is 0 Å². The van der Waals surface area contributed by atoms with Crippen molar-refractivity contribution in [2.75, 3.05) is 0 Å². The zero-order valence-corrected chi connectivity index (χ0v) is 9.70. The Hall–Kier alpha value is -1.61. The SMILES string of the molecule is Cc1ccc(SC(=O)c2ccccc2)cn1. The average molecular weight is 229 g/mol. The van der Waals surface area contributed by atoms with Crippen LogP contribution in [0.4, 0.5) is 0 Å². The van der Waals surface area contributed by atoms with E-state index in [4.69, 9.17) is 0 Å². The van der Waals surface area contributed by atoms with E-state index in [1.807, 2.05) is 49.4 Å². The van der Waals surface area contributed by atoms with E-state index in [0.717, 1.165) is 10.6 Å². The summed E-state index contributed by atoms with van der Waals surface area (Å²) in [5.41, 5.74) is 1.67. The minimum Gasteiger partial charge on any atom is -0.281 e. The van der Waals surface area contributed by atoms with Crippen molar-refractivity contribution in [3.63, 3.8) is 0 Å². The van der Waals surface area contributed by atoms with E-state index in [9.17, 15) is 4.79 Å². The van der Waals surface area contributed by atoms with Crippen molar-refractivity contribution < 1.29 is 4.79 Å². The summed E-state index contributed by atoms with van der Waals surface area (Å²) < 4.78 is 0. The van der Waals surface area contributed by atoms with E-state index < -0.39 is 0 Å². The minimum atomic E-state index is 0.0475. The summed E-state index contributed by atoms with van der Waals surface area (Å²) in [6.07, 6.45) is 1.72. The molecule has 2 rings (SSSR count). The first-order valence-electron chi connectivity index (χ1n) is 4.95. The topological polar surface area (TPSA) is 30.0 Å². The highest BCUT2D eigenvalue weighted by Gasteiger charge is 2.07.